The molecule has 0 heterocycles. The summed E-state index contributed by atoms with van der Waals surface area (Å²) in [5.41, 5.74) is 3.22. The van der Waals surface area contributed by atoms with Crippen LogP contribution in [0, 0.1) is 17.0 Å². The zero-order valence-electron chi connectivity index (χ0n) is 15.3. The molecule has 1 N–H and O–H groups in total. The van der Waals surface area contributed by atoms with Gasteiger partial charge in [0.05, 0.1) is 32.5 Å². The topological polar surface area (TPSA) is 112 Å². The minimum atomic E-state index is -0.686. The van der Waals surface area contributed by atoms with E-state index in [-0.39, 0.29) is 11.3 Å². The van der Waals surface area contributed by atoms with Gasteiger partial charge in [0.25, 0.3) is 11.6 Å². The van der Waals surface area contributed by atoms with Gasteiger partial charge in [0.1, 0.15) is 5.56 Å². The quantitative estimate of drug-likeness (QED) is 0.454. The summed E-state index contributed by atoms with van der Waals surface area (Å²) in [4.78, 5) is 22.7. The van der Waals surface area contributed by atoms with Crippen LogP contribution in [0.4, 0.5) is 5.69 Å². The monoisotopic (exact) mass is 373 g/mol. The second-order valence-electron chi connectivity index (χ2n) is 5.44. The van der Waals surface area contributed by atoms with E-state index in [1.807, 2.05) is 0 Å². The number of benzene rings is 2. The lowest BCUT2D eigenvalue weighted by molar-refractivity contribution is -0.385. The Hall–Kier alpha value is -3.62. The Labute approximate surface area is 155 Å². The van der Waals surface area contributed by atoms with Crippen LogP contribution in [0.15, 0.2) is 35.4 Å². The van der Waals surface area contributed by atoms with Gasteiger partial charge in [-0.15, -0.1) is 0 Å². The summed E-state index contributed by atoms with van der Waals surface area (Å²) in [6, 6.07) is 7.57. The number of carbonyl (C=O) groups is 1. The summed E-state index contributed by atoms with van der Waals surface area (Å²) in [5, 5.41) is 14.9. The highest BCUT2D eigenvalue weighted by molar-refractivity contribution is 5.98. The number of aryl methyl sites for hydroxylation is 1. The Balaban J connectivity index is 2.24. The van der Waals surface area contributed by atoms with Crippen LogP contribution in [-0.2, 0) is 0 Å². The Kier molecular flexibility index (Phi) is 6.32. The van der Waals surface area contributed by atoms with Crippen molar-refractivity contribution >= 4 is 17.8 Å². The van der Waals surface area contributed by atoms with Crippen LogP contribution in [0.2, 0.25) is 0 Å². The van der Waals surface area contributed by atoms with Crippen LogP contribution in [0.3, 0.4) is 0 Å². The van der Waals surface area contributed by atoms with E-state index in [0.29, 0.717) is 22.8 Å². The number of nitrogens with one attached hydrogen (secondary N) is 1. The van der Waals surface area contributed by atoms with Crippen molar-refractivity contribution < 1.29 is 23.9 Å². The van der Waals surface area contributed by atoms with Gasteiger partial charge in [-0.3, -0.25) is 14.9 Å². The molecule has 0 saturated carbocycles. The fraction of sp³-hybridized carbons (Fsp3) is 0.222. The predicted octanol–water partition coefficient (Wildman–Crippen LogP) is 2.69. The summed E-state index contributed by atoms with van der Waals surface area (Å²) >= 11 is 0. The standard InChI is InChI=1S/C18H19N3O6/c1-11-5-6-14(21(23)24)13(7-11)18(22)20-19-10-12-8-15(25-2)17(27-4)16(9-12)26-3/h5-10H,1-4H3,(H,20,22)/b19-10-. The maximum Gasteiger partial charge on any atom is 0.282 e. The van der Waals surface area contributed by atoms with Gasteiger partial charge in [-0.05, 0) is 30.7 Å². The third kappa shape index (κ3) is 4.51. The van der Waals surface area contributed by atoms with Gasteiger partial charge in [0, 0.05) is 11.6 Å². The summed E-state index contributed by atoms with van der Waals surface area (Å²) in [6.07, 6.45) is 1.37. The van der Waals surface area contributed by atoms with Crippen molar-refractivity contribution in [1.82, 2.24) is 5.43 Å². The van der Waals surface area contributed by atoms with E-state index in [1.54, 1.807) is 25.1 Å². The molecule has 0 radical (unpaired) electrons. The molecule has 0 aromatic heterocycles. The van der Waals surface area contributed by atoms with Crippen molar-refractivity contribution in [2.75, 3.05) is 21.3 Å². The molecule has 2 aromatic carbocycles. The van der Waals surface area contributed by atoms with E-state index in [0.717, 1.165) is 5.56 Å². The highest BCUT2D eigenvalue weighted by Gasteiger charge is 2.19. The van der Waals surface area contributed by atoms with E-state index in [1.165, 1.54) is 39.7 Å². The molecule has 0 saturated heterocycles. The number of hydrogen-bond acceptors (Lipinski definition) is 7. The molecule has 2 aromatic rings. The highest BCUT2D eigenvalue weighted by atomic mass is 16.6. The third-order valence-electron chi connectivity index (χ3n) is 3.66. The lowest BCUT2D eigenvalue weighted by Gasteiger charge is -2.12. The molecule has 27 heavy (non-hydrogen) atoms. The molecule has 1 amide bonds. The number of amides is 1. The van der Waals surface area contributed by atoms with Crippen molar-refractivity contribution in [1.29, 1.82) is 0 Å². The van der Waals surface area contributed by atoms with Crippen LogP contribution in [0.5, 0.6) is 17.2 Å². The van der Waals surface area contributed by atoms with Gasteiger partial charge in [0.15, 0.2) is 11.5 Å². The second-order valence-corrected chi connectivity index (χ2v) is 5.44. The Bertz CT molecular complexity index is 870. The Morgan fingerprint density at radius 2 is 1.74 bits per heavy atom. The molecule has 0 aliphatic rings. The largest absolute Gasteiger partial charge is 0.493 e. The number of nitro benzene ring substituents is 1. The number of hydrazone groups is 1. The number of hydrogen-bond donors (Lipinski definition) is 1. The number of methoxy groups -OCH3 is 3. The zero-order chi connectivity index (χ0) is 20.0. The molecule has 0 aliphatic heterocycles. The van der Waals surface area contributed by atoms with Gasteiger partial charge < -0.3 is 14.2 Å². The summed E-state index contributed by atoms with van der Waals surface area (Å²) in [6.45, 7) is 1.74. The number of nitrogens with zero attached hydrogens (tertiary/aromatic N) is 2. The zero-order valence-corrected chi connectivity index (χ0v) is 15.3. The Morgan fingerprint density at radius 1 is 1.11 bits per heavy atom. The molecule has 2 rings (SSSR count). The average molecular weight is 373 g/mol. The van der Waals surface area contributed by atoms with E-state index in [9.17, 15) is 14.9 Å². The van der Waals surface area contributed by atoms with E-state index < -0.39 is 10.8 Å². The van der Waals surface area contributed by atoms with Crippen molar-refractivity contribution in [3.63, 3.8) is 0 Å². The molecular weight excluding hydrogens is 354 g/mol. The molecular formula is C18H19N3O6. The normalized spacial score (nSPS) is 10.5. The predicted molar refractivity (Wildman–Crippen MR) is 99.0 cm³/mol. The molecule has 0 spiro atoms. The molecule has 142 valence electrons. The first-order valence-corrected chi connectivity index (χ1v) is 7.79. The third-order valence-corrected chi connectivity index (χ3v) is 3.66. The fourth-order valence-electron chi connectivity index (χ4n) is 2.39. The summed E-state index contributed by atoms with van der Waals surface area (Å²) < 4.78 is 15.7. The molecule has 9 nitrogen and oxygen atoms in total. The van der Waals surface area contributed by atoms with Gasteiger partial charge in [-0.1, -0.05) is 6.07 Å². The molecule has 0 atom stereocenters. The molecule has 0 fully saturated rings. The van der Waals surface area contributed by atoms with Crippen LogP contribution in [0.25, 0.3) is 0 Å². The first-order chi connectivity index (χ1) is 12.9. The number of rotatable bonds is 7. The first kappa shape index (κ1) is 19.7. The average Bonchev–Trinajstić information content (AvgIpc) is 2.66. The Morgan fingerprint density at radius 3 is 2.26 bits per heavy atom. The number of carbonyl (C=O) groups excluding carboxylic acids is 1. The van der Waals surface area contributed by atoms with Gasteiger partial charge in [0.2, 0.25) is 5.75 Å². The molecule has 0 bridgehead atoms. The maximum absolute atomic E-state index is 12.3. The summed E-state index contributed by atoms with van der Waals surface area (Å²) in [5.74, 6) is 0.601. The second kappa shape index (κ2) is 8.65. The van der Waals surface area contributed by atoms with Gasteiger partial charge in [-0.25, -0.2) is 5.43 Å². The maximum atomic E-state index is 12.3. The van der Waals surface area contributed by atoms with Gasteiger partial charge >= 0.3 is 0 Å². The SMILES string of the molecule is COc1cc(/C=N\NC(=O)c2cc(C)ccc2[N+](=O)[O-])cc(OC)c1OC. The smallest absolute Gasteiger partial charge is 0.282 e. The molecule has 0 aliphatic carbocycles. The number of ether oxygens (including phenoxy) is 3. The van der Waals surface area contributed by atoms with E-state index in [2.05, 4.69) is 10.5 Å². The van der Waals surface area contributed by atoms with Crippen molar-refractivity contribution in [3.8, 4) is 17.2 Å². The van der Waals surface area contributed by atoms with Crippen LogP contribution < -0.4 is 19.6 Å². The highest BCUT2D eigenvalue weighted by Crippen LogP contribution is 2.37. The fourth-order valence-corrected chi connectivity index (χ4v) is 2.39. The van der Waals surface area contributed by atoms with Crippen molar-refractivity contribution in [2.45, 2.75) is 6.92 Å². The van der Waals surface area contributed by atoms with Gasteiger partial charge in [-0.2, -0.15) is 5.10 Å². The minimum absolute atomic E-state index is 0.0676. The molecule has 0 unspecified atom stereocenters. The van der Waals surface area contributed by atoms with Crippen LogP contribution >= 0.6 is 0 Å². The summed E-state index contributed by atoms with van der Waals surface area (Å²) in [7, 11) is 4.46. The van der Waals surface area contributed by atoms with Crippen LogP contribution in [-0.4, -0.2) is 38.4 Å². The number of nitro groups is 1. The van der Waals surface area contributed by atoms with Crippen LogP contribution in [0.1, 0.15) is 21.5 Å². The molecule has 9 heteroatoms. The van der Waals surface area contributed by atoms with E-state index >= 15 is 0 Å². The van der Waals surface area contributed by atoms with Crippen molar-refractivity contribution in [2.24, 2.45) is 5.10 Å². The van der Waals surface area contributed by atoms with E-state index in [4.69, 9.17) is 14.2 Å². The first-order valence-electron chi connectivity index (χ1n) is 7.79. The minimum Gasteiger partial charge on any atom is -0.493 e. The lowest BCUT2D eigenvalue weighted by atomic mass is 10.1. The lowest BCUT2D eigenvalue weighted by Crippen LogP contribution is -2.19. The van der Waals surface area contributed by atoms with Crippen molar-refractivity contribution in [3.05, 3.63) is 57.1 Å².